The van der Waals surface area contributed by atoms with Gasteiger partial charge in [-0.2, -0.15) is 0 Å². The maximum atomic E-state index is 5.81. The Bertz CT molecular complexity index is 487. The van der Waals surface area contributed by atoms with Gasteiger partial charge < -0.3 is 20.3 Å². The van der Waals surface area contributed by atoms with Crippen molar-refractivity contribution in [3.8, 4) is 5.75 Å². The first kappa shape index (κ1) is 20.3. The first-order valence-corrected chi connectivity index (χ1v) is 8.80. The molecule has 24 heavy (non-hydrogen) atoms. The molecule has 0 amide bonds. The van der Waals surface area contributed by atoms with Crippen LogP contribution in [0.15, 0.2) is 29.3 Å². The van der Waals surface area contributed by atoms with Gasteiger partial charge in [-0.15, -0.1) is 0 Å². The third kappa shape index (κ3) is 8.20. The SMILES string of the molecule is CCN(CC)CCOc1ccc(CNC(=NC)NC(C)(C)C)cc1. The molecular weight excluding hydrogens is 300 g/mol. The second-order valence-electron chi connectivity index (χ2n) is 6.82. The summed E-state index contributed by atoms with van der Waals surface area (Å²) in [6, 6.07) is 8.23. The molecular formula is C19H34N4O. The van der Waals surface area contributed by atoms with E-state index in [1.165, 1.54) is 5.56 Å². The van der Waals surface area contributed by atoms with Crippen molar-refractivity contribution in [2.75, 3.05) is 33.3 Å². The molecule has 2 N–H and O–H groups in total. The Morgan fingerprint density at radius 2 is 1.75 bits per heavy atom. The van der Waals surface area contributed by atoms with Gasteiger partial charge in [-0.1, -0.05) is 26.0 Å². The average molecular weight is 335 g/mol. The number of nitrogens with zero attached hydrogens (tertiary/aromatic N) is 2. The Balaban J connectivity index is 2.41. The van der Waals surface area contributed by atoms with Crippen LogP contribution in [0, 0.1) is 0 Å². The van der Waals surface area contributed by atoms with E-state index in [4.69, 9.17) is 4.74 Å². The summed E-state index contributed by atoms with van der Waals surface area (Å²) in [6.07, 6.45) is 0. The zero-order valence-corrected chi connectivity index (χ0v) is 16.1. The molecule has 0 radical (unpaired) electrons. The van der Waals surface area contributed by atoms with Crippen molar-refractivity contribution >= 4 is 5.96 Å². The molecule has 0 bridgehead atoms. The average Bonchev–Trinajstić information content (AvgIpc) is 2.55. The highest BCUT2D eigenvalue weighted by atomic mass is 16.5. The molecule has 0 saturated heterocycles. The van der Waals surface area contributed by atoms with Gasteiger partial charge in [0.05, 0.1) is 0 Å². The molecule has 136 valence electrons. The Morgan fingerprint density at radius 1 is 1.12 bits per heavy atom. The summed E-state index contributed by atoms with van der Waals surface area (Å²) in [5.74, 6) is 1.73. The highest BCUT2D eigenvalue weighted by Crippen LogP contribution is 2.12. The fraction of sp³-hybridized carbons (Fsp3) is 0.632. The molecule has 5 nitrogen and oxygen atoms in total. The smallest absolute Gasteiger partial charge is 0.191 e. The van der Waals surface area contributed by atoms with Crippen LogP contribution < -0.4 is 15.4 Å². The van der Waals surface area contributed by atoms with Crippen molar-refractivity contribution < 1.29 is 4.74 Å². The molecule has 5 heteroatoms. The third-order valence-electron chi connectivity index (χ3n) is 3.67. The number of benzene rings is 1. The van der Waals surface area contributed by atoms with E-state index in [0.717, 1.165) is 44.5 Å². The van der Waals surface area contributed by atoms with E-state index >= 15 is 0 Å². The summed E-state index contributed by atoms with van der Waals surface area (Å²) >= 11 is 0. The number of guanidine groups is 1. The van der Waals surface area contributed by atoms with Crippen LogP contribution >= 0.6 is 0 Å². The van der Waals surface area contributed by atoms with Crippen LogP contribution in [-0.2, 0) is 6.54 Å². The standard InChI is InChI=1S/C19H34N4O/c1-7-23(8-2)13-14-24-17-11-9-16(10-12-17)15-21-18(20-6)22-19(3,4)5/h9-12H,7-8,13-15H2,1-6H3,(H2,20,21,22). The lowest BCUT2D eigenvalue weighted by atomic mass is 10.1. The van der Waals surface area contributed by atoms with Crippen LogP contribution in [0.4, 0.5) is 0 Å². The summed E-state index contributed by atoms with van der Waals surface area (Å²) in [4.78, 5) is 6.60. The molecule has 0 heterocycles. The molecule has 0 aromatic heterocycles. The van der Waals surface area contributed by atoms with Crippen molar-refractivity contribution in [2.45, 2.75) is 46.7 Å². The van der Waals surface area contributed by atoms with Crippen LogP contribution in [0.5, 0.6) is 5.75 Å². The Morgan fingerprint density at radius 3 is 2.25 bits per heavy atom. The summed E-state index contributed by atoms with van der Waals surface area (Å²) in [5.41, 5.74) is 1.19. The second kappa shape index (κ2) is 10.2. The summed E-state index contributed by atoms with van der Waals surface area (Å²) < 4.78 is 5.81. The molecule has 0 atom stereocenters. The number of hydrogen-bond acceptors (Lipinski definition) is 3. The number of rotatable bonds is 8. The van der Waals surface area contributed by atoms with Gasteiger partial charge in [0.25, 0.3) is 0 Å². The van der Waals surface area contributed by atoms with Gasteiger partial charge in [-0.3, -0.25) is 4.99 Å². The summed E-state index contributed by atoms with van der Waals surface area (Å²) in [6.45, 7) is 15.2. The molecule has 1 aromatic carbocycles. The summed E-state index contributed by atoms with van der Waals surface area (Å²) in [7, 11) is 1.79. The molecule has 0 spiro atoms. The number of aliphatic imine (C=N–C) groups is 1. The molecule has 0 unspecified atom stereocenters. The minimum atomic E-state index is -0.00952. The van der Waals surface area contributed by atoms with E-state index in [1.807, 2.05) is 12.1 Å². The van der Waals surface area contributed by atoms with Crippen LogP contribution in [0.25, 0.3) is 0 Å². The third-order valence-corrected chi connectivity index (χ3v) is 3.67. The Hall–Kier alpha value is -1.75. The van der Waals surface area contributed by atoms with Crippen LogP contribution in [-0.4, -0.2) is 49.7 Å². The lowest BCUT2D eigenvalue weighted by Crippen LogP contribution is -2.47. The largest absolute Gasteiger partial charge is 0.492 e. The second-order valence-corrected chi connectivity index (χ2v) is 6.82. The zero-order chi connectivity index (χ0) is 18.0. The molecule has 0 aliphatic rings. The fourth-order valence-electron chi connectivity index (χ4n) is 2.26. The van der Waals surface area contributed by atoms with Gasteiger partial charge in [0.15, 0.2) is 5.96 Å². The quantitative estimate of drug-likeness (QED) is 0.567. The van der Waals surface area contributed by atoms with Crippen LogP contribution in [0.3, 0.4) is 0 Å². The monoisotopic (exact) mass is 334 g/mol. The van der Waals surface area contributed by atoms with Crippen molar-refractivity contribution in [1.82, 2.24) is 15.5 Å². The lowest BCUT2D eigenvalue weighted by Gasteiger charge is -2.23. The molecule has 0 aliphatic heterocycles. The van der Waals surface area contributed by atoms with Crippen molar-refractivity contribution in [3.63, 3.8) is 0 Å². The number of hydrogen-bond donors (Lipinski definition) is 2. The minimum absolute atomic E-state index is 0.00952. The van der Waals surface area contributed by atoms with E-state index < -0.39 is 0 Å². The van der Waals surface area contributed by atoms with Crippen LogP contribution in [0.2, 0.25) is 0 Å². The number of likely N-dealkylation sites (N-methyl/N-ethyl adjacent to an activating group) is 1. The van der Waals surface area contributed by atoms with Gasteiger partial charge in [-0.25, -0.2) is 0 Å². The van der Waals surface area contributed by atoms with Gasteiger partial charge in [0.1, 0.15) is 12.4 Å². The van der Waals surface area contributed by atoms with Gasteiger partial charge >= 0.3 is 0 Å². The molecule has 1 aromatic rings. The van der Waals surface area contributed by atoms with E-state index in [0.29, 0.717) is 0 Å². The minimum Gasteiger partial charge on any atom is -0.492 e. The Kier molecular flexibility index (Phi) is 8.61. The van der Waals surface area contributed by atoms with E-state index in [9.17, 15) is 0 Å². The molecule has 1 rings (SSSR count). The lowest BCUT2D eigenvalue weighted by molar-refractivity contribution is 0.223. The molecule has 0 fully saturated rings. The van der Waals surface area contributed by atoms with Gasteiger partial charge in [0.2, 0.25) is 0 Å². The fourth-order valence-corrected chi connectivity index (χ4v) is 2.26. The zero-order valence-electron chi connectivity index (χ0n) is 16.1. The maximum absolute atomic E-state index is 5.81. The topological polar surface area (TPSA) is 48.9 Å². The predicted octanol–water partition coefficient (Wildman–Crippen LogP) is 2.87. The van der Waals surface area contributed by atoms with Crippen molar-refractivity contribution in [3.05, 3.63) is 29.8 Å². The van der Waals surface area contributed by atoms with E-state index in [-0.39, 0.29) is 5.54 Å². The maximum Gasteiger partial charge on any atom is 0.191 e. The number of nitrogens with one attached hydrogen (secondary N) is 2. The normalized spacial score (nSPS) is 12.4. The highest BCUT2D eigenvalue weighted by molar-refractivity contribution is 5.80. The van der Waals surface area contributed by atoms with Crippen molar-refractivity contribution in [2.24, 2.45) is 4.99 Å². The van der Waals surface area contributed by atoms with Crippen molar-refractivity contribution in [1.29, 1.82) is 0 Å². The summed E-state index contributed by atoms with van der Waals surface area (Å²) in [5, 5.41) is 6.67. The van der Waals surface area contributed by atoms with Gasteiger partial charge in [0, 0.05) is 25.7 Å². The molecule has 0 saturated carbocycles. The molecule has 0 aliphatic carbocycles. The predicted molar refractivity (Wildman–Crippen MR) is 103 cm³/mol. The first-order chi connectivity index (χ1) is 11.4. The first-order valence-electron chi connectivity index (χ1n) is 8.80. The van der Waals surface area contributed by atoms with E-state index in [1.54, 1.807) is 7.05 Å². The van der Waals surface area contributed by atoms with Crippen LogP contribution in [0.1, 0.15) is 40.2 Å². The number of ether oxygens (including phenoxy) is 1. The van der Waals surface area contributed by atoms with E-state index in [2.05, 4.69) is 67.3 Å². The Labute approximate surface area is 147 Å². The highest BCUT2D eigenvalue weighted by Gasteiger charge is 2.11. The van der Waals surface area contributed by atoms with Gasteiger partial charge in [-0.05, 0) is 51.6 Å².